The average molecular weight is 453 g/mol. The van der Waals surface area contributed by atoms with Crippen LogP contribution in [0.1, 0.15) is 132 Å². The molecule has 32 heavy (non-hydrogen) atoms. The summed E-state index contributed by atoms with van der Waals surface area (Å²) in [5, 5.41) is 9.70. The summed E-state index contributed by atoms with van der Waals surface area (Å²) in [7, 11) is 0. The third kappa shape index (κ3) is 10.7. The van der Waals surface area contributed by atoms with Crippen molar-refractivity contribution in [1.82, 2.24) is 0 Å². The number of unbranched alkanes of at least 4 members (excludes halogenated alkanes) is 3. The van der Waals surface area contributed by atoms with Gasteiger partial charge in [-0.05, 0) is 69.1 Å². The first kappa shape index (κ1) is 29.0. The third-order valence-corrected chi connectivity index (χ3v) is 7.25. The van der Waals surface area contributed by atoms with Crippen LogP contribution in [0.3, 0.4) is 0 Å². The standard InChI is InChI=1S/C28H52O4/c1-21(2)14-10-8-9-11-15-23(18-17-22(3)20-27(4,5)6)32-26(31)28(7)19-13-12-16-24(28)25(29)30/h21-24H,8-20H2,1-7H3,(H,29,30). The van der Waals surface area contributed by atoms with Gasteiger partial charge in [-0.15, -0.1) is 0 Å². The highest BCUT2D eigenvalue weighted by molar-refractivity contribution is 5.84. The monoisotopic (exact) mass is 452 g/mol. The number of rotatable bonds is 14. The maximum atomic E-state index is 13.2. The number of carbonyl (C=O) groups is 2. The highest BCUT2D eigenvalue weighted by Crippen LogP contribution is 2.43. The average Bonchev–Trinajstić information content (AvgIpc) is 2.66. The van der Waals surface area contributed by atoms with E-state index >= 15 is 0 Å². The molecular formula is C28H52O4. The predicted octanol–water partition coefficient (Wildman–Crippen LogP) is 8.03. The van der Waals surface area contributed by atoms with Gasteiger partial charge in [0.1, 0.15) is 6.10 Å². The quantitative estimate of drug-likeness (QED) is 0.214. The Hall–Kier alpha value is -1.06. The Balaban J connectivity index is 2.71. The topological polar surface area (TPSA) is 63.6 Å². The van der Waals surface area contributed by atoms with Gasteiger partial charge in [0, 0.05) is 0 Å². The second-order valence-corrected chi connectivity index (χ2v) is 12.4. The van der Waals surface area contributed by atoms with Crippen LogP contribution in [0.2, 0.25) is 0 Å². The van der Waals surface area contributed by atoms with Crippen LogP contribution in [0.4, 0.5) is 0 Å². The second-order valence-electron chi connectivity index (χ2n) is 12.4. The minimum atomic E-state index is -0.892. The Kier molecular flexibility index (Phi) is 12.3. The first-order valence-electron chi connectivity index (χ1n) is 13.3. The Bertz CT molecular complexity index is 562. The van der Waals surface area contributed by atoms with E-state index in [0.29, 0.717) is 24.2 Å². The van der Waals surface area contributed by atoms with E-state index in [9.17, 15) is 14.7 Å². The fourth-order valence-corrected chi connectivity index (χ4v) is 5.42. The van der Waals surface area contributed by atoms with E-state index in [2.05, 4.69) is 41.5 Å². The lowest BCUT2D eigenvalue weighted by molar-refractivity contribution is -0.174. The Morgan fingerprint density at radius 2 is 1.59 bits per heavy atom. The van der Waals surface area contributed by atoms with E-state index in [4.69, 9.17) is 4.74 Å². The zero-order valence-corrected chi connectivity index (χ0v) is 22.2. The van der Waals surface area contributed by atoms with E-state index < -0.39 is 17.3 Å². The van der Waals surface area contributed by atoms with E-state index in [0.717, 1.165) is 50.9 Å². The van der Waals surface area contributed by atoms with Gasteiger partial charge < -0.3 is 9.84 Å². The largest absolute Gasteiger partial charge is 0.481 e. The third-order valence-electron chi connectivity index (χ3n) is 7.25. The molecule has 0 radical (unpaired) electrons. The van der Waals surface area contributed by atoms with Crippen molar-refractivity contribution in [3.05, 3.63) is 0 Å². The van der Waals surface area contributed by atoms with Gasteiger partial charge in [-0.25, -0.2) is 0 Å². The molecule has 0 bridgehead atoms. The zero-order chi connectivity index (χ0) is 24.4. The Morgan fingerprint density at radius 3 is 2.16 bits per heavy atom. The maximum absolute atomic E-state index is 13.2. The van der Waals surface area contributed by atoms with E-state index in [-0.39, 0.29) is 12.1 Å². The lowest BCUT2D eigenvalue weighted by atomic mass is 9.67. The smallest absolute Gasteiger partial charge is 0.312 e. The number of esters is 1. The highest BCUT2D eigenvalue weighted by Gasteiger charge is 2.48. The summed E-state index contributed by atoms with van der Waals surface area (Å²) in [6.07, 6.45) is 12.9. The molecule has 188 valence electrons. The van der Waals surface area contributed by atoms with Crippen molar-refractivity contribution >= 4 is 11.9 Å². The first-order valence-corrected chi connectivity index (χ1v) is 13.3. The SMILES string of the molecule is CC(C)CCCCCCC(CCC(C)CC(C)(C)C)OC(=O)C1(C)CCCCC1C(=O)O. The summed E-state index contributed by atoms with van der Waals surface area (Å²) >= 11 is 0. The number of carboxylic acid groups (broad SMARTS) is 1. The molecule has 1 fully saturated rings. The summed E-state index contributed by atoms with van der Waals surface area (Å²) in [5.74, 6) is -0.423. The number of hydrogen-bond acceptors (Lipinski definition) is 3. The maximum Gasteiger partial charge on any atom is 0.312 e. The molecule has 1 N–H and O–H groups in total. The van der Waals surface area contributed by atoms with Gasteiger partial charge in [-0.1, -0.05) is 80.1 Å². The minimum absolute atomic E-state index is 0.0942. The molecule has 1 saturated carbocycles. The van der Waals surface area contributed by atoms with Crippen molar-refractivity contribution in [3.63, 3.8) is 0 Å². The van der Waals surface area contributed by atoms with E-state index in [1.165, 1.54) is 25.7 Å². The molecule has 4 unspecified atom stereocenters. The van der Waals surface area contributed by atoms with Gasteiger partial charge >= 0.3 is 11.9 Å². The highest BCUT2D eigenvalue weighted by atomic mass is 16.5. The first-order chi connectivity index (χ1) is 14.8. The molecule has 0 heterocycles. The summed E-state index contributed by atoms with van der Waals surface area (Å²) in [6.45, 7) is 15.5. The molecular weight excluding hydrogens is 400 g/mol. The van der Waals surface area contributed by atoms with Gasteiger partial charge in [-0.3, -0.25) is 9.59 Å². The molecule has 0 aromatic heterocycles. The molecule has 0 aromatic rings. The van der Waals surface area contributed by atoms with Crippen LogP contribution in [0, 0.1) is 28.6 Å². The molecule has 1 rings (SSSR count). The van der Waals surface area contributed by atoms with E-state index in [1.54, 1.807) is 0 Å². The van der Waals surface area contributed by atoms with Gasteiger partial charge in [0.15, 0.2) is 0 Å². The van der Waals surface area contributed by atoms with Crippen LogP contribution in [0.25, 0.3) is 0 Å². The number of hydrogen-bond donors (Lipinski definition) is 1. The molecule has 0 spiro atoms. The summed E-state index contributed by atoms with van der Waals surface area (Å²) in [5.41, 5.74) is -0.594. The lowest BCUT2D eigenvalue weighted by Crippen LogP contribution is -2.44. The van der Waals surface area contributed by atoms with Gasteiger partial charge in [0.25, 0.3) is 0 Å². The Morgan fingerprint density at radius 1 is 0.969 bits per heavy atom. The molecule has 4 atom stereocenters. The molecule has 1 aliphatic rings. The fraction of sp³-hybridized carbons (Fsp3) is 0.929. The van der Waals surface area contributed by atoms with Crippen molar-refractivity contribution in [2.75, 3.05) is 0 Å². The molecule has 0 aromatic carbocycles. The zero-order valence-electron chi connectivity index (χ0n) is 22.2. The van der Waals surface area contributed by atoms with Crippen LogP contribution < -0.4 is 0 Å². The minimum Gasteiger partial charge on any atom is -0.481 e. The number of ether oxygens (including phenoxy) is 1. The molecule has 0 amide bonds. The predicted molar refractivity (Wildman–Crippen MR) is 133 cm³/mol. The van der Waals surface area contributed by atoms with Crippen molar-refractivity contribution in [2.45, 2.75) is 138 Å². The summed E-state index contributed by atoms with van der Waals surface area (Å²) in [6, 6.07) is 0. The molecule has 0 aliphatic heterocycles. The van der Waals surface area contributed by atoms with Crippen molar-refractivity contribution < 1.29 is 19.4 Å². The van der Waals surface area contributed by atoms with Crippen LogP contribution in [0.15, 0.2) is 0 Å². The second kappa shape index (κ2) is 13.6. The van der Waals surface area contributed by atoms with Crippen molar-refractivity contribution in [3.8, 4) is 0 Å². The van der Waals surface area contributed by atoms with E-state index in [1.807, 2.05) is 6.92 Å². The fourth-order valence-electron chi connectivity index (χ4n) is 5.42. The molecule has 4 nitrogen and oxygen atoms in total. The van der Waals surface area contributed by atoms with Crippen LogP contribution in [-0.4, -0.2) is 23.1 Å². The molecule has 1 aliphatic carbocycles. The van der Waals surface area contributed by atoms with Crippen LogP contribution in [0.5, 0.6) is 0 Å². The number of aliphatic carboxylic acids is 1. The summed E-state index contributed by atoms with van der Waals surface area (Å²) in [4.78, 5) is 25.1. The van der Waals surface area contributed by atoms with Crippen molar-refractivity contribution in [1.29, 1.82) is 0 Å². The Labute approximate surface area is 198 Å². The van der Waals surface area contributed by atoms with Gasteiger partial charge in [0.05, 0.1) is 11.3 Å². The van der Waals surface area contributed by atoms with Crippen LogP contribution in [-0.2, 0) is 14.3 Å². The number of carboxylic acids is 1. The lowest BCUT2D eigenvalue weighted by Gasteiger charge is -2.38. The van der Waals surface area contributed by atoms with Crippen LogP contribution >= 0.6 is 0 Å². The van der Waals surface area contributed by atoms with Crippen molar-refractivity contribution in [2.24, 2.45) is 28.6 Å². The van der Waals surface area contributed by atoms with Gasteiger partial charge in [-0.2, -0.15) is 0 Å². The molecule has 0 saturated heterocycles. The molecule has 4 heteroatoms. The van der Waals surface area contributed by atoms with Gasteiger partial charge in [0.2, 0.25) is 0 Å². The number of carbonyl (C=O) groups excluding carboxylic acids is 1. The summed E-state index contributed by atoms with van der Waals surface area (Å²) < 4.78 is 6.10. The normalized spacial score (nSPS) is 23.7.